The first kappa shape index (κ1) is 12.4. The van der Waals surface area contributed by atoms with E-state index in [0.29, 0.717) is 5.54 Å². The van der Waals surface area contributed by atoms with Crippen molar-refractivity contribution in [1.82, 2.24) is 10.2 Å². The summed E-state index contributed by atoms with van der Waals surface area (Å²) in [6, 6.07) is 0.819. The average Bonchev–Trinajstić information content (AvgIpc) is 2.60. The average molecular weight is 224 g/mol. The van der Waals surface area contributed by atoms with Crippen LogP contribution in [0.15, 0.2) is 0 Å². The van der Waals surface area contributed by atoms with E-state index in [4.69, 9.17) is 0 Å². The Kier molecular flexibility index (Phi) is 4.26. The molecule has 2 heterocycles. The third-order valence-electron chi connectivity index (χ3n) is 4.47. The number of nitrogens with one attached hydrogen (secondary N) is 1. The van der Waals surface area contributed by atoms with Gasteiger partial charge in [0, 0.05) is 11.6 Å². The largest absolute Gasteiger partial charge is 0.314 e. The molecule has 0 bridgehead atoms. The van der Waals surface area contributed by atoms with Crippen LogP contribution in [0.25, 0.3) is 0 Å². The van der Waals surface area contributed by atoms with Crippen LogP contribution in [0.1, 0.15) is 58.8 Å². The minimum atomic E-state index is 0.472. The van der Waals surface area contributed by atoms with Gasteiger partial charge in [0.1, 0.15) is 0 Å². The maximum Gasteiger partial charge on any atom is 0.0153 e. The highest BCUT2D eigenvalue weighted by Crippen LogP contribution is 2.28. The summed E-state index contributed by atoms with van der Waals surface area (Å²) in [5.74, 6) is 0. The molecule has 2 nitrogen and oxygen atoms in total. The lowest BCUT2D eigenvalue weighted by Gasteiger charge is -2.32. The van der Waals surface area contributed by atoms with E-state index in [0.717, 1.165) is 6.04 Å². The van der Waals surface area contributed by atoms with E-state index in [9.17, 15) is 0 Å². The van der Waals surface area contributed by atoms with Crippen LogP contribution in [0.2, 0.25) is 0 Å². The van der Waals surface area contributed by atoms with Gasteiger partial charge < -0.3 is 5.32 Å². The van der Waals surface area contributed by atoms with E-state index < -0.39 is 0 Å². The second kappa shape index (κ2) is 5.50. The molecule has 2 fully saturated rings. The van der Waals surface area contributed by atoms with Crippen molar-refractivity contribution in [2.45, 2.75) is 70.4 Å². The summed E-state index contributed by atoms with van der Waals surface area (Å²) < 4.78 is 0. The van der Waals surface area contributed by atoms with Crippen LogP contribution in [0, 0.1) is 0 Å². The van der Waals surface area contributed by atoms with E-state index in [1.54, 1.807) is 0 Å². The summed E-state index contributed by atoms with van der Waals surface area (Å²) in [4.78, 5) is 2.69. The predicted octanol–water partition coefficient (Wildman–Crippen LogP) is 2.78. The second-order valence-corrected chi connectivity index (χ2v) is 6.19. The van der Waals surface area contributed by atoms with Gasteiger partial charge in [-0.3, -0.25) is 4.90 Å². The molecule has 0 spiro atoms. The number of likely N-dealkylation sites (tertiary alicyclic amines) is 1. The molecule has 94 valence electrons. The molecule has 2 saturated heterocycles. The first-order chi connectivity index (χ1) is 7.68. The summed E-state index contributed by atoms with van der Waals surface area (Å²) in [5, 5.41) is 3.65. The fourth-order valence-corrected chi connectivity index (χ4v) is 3.28. The van der Waals surface area contributed by atoms with E-state index in [1.165, 1.54) is 64.6 Å². The summed E-state index contributed by atoms with van der Waals surface area (Å²) >= 11 is 0. The van der Waals surface area contributed by atoms with Crippen molar-refractivity contribution in [2.75, 3.05) is 19.6 Å². The van der Waals surface area contributed by atoms with Crippen molar-refractivity contribution in [3.8, 4) is 0 Å². The highest BCUT2D eigenvalue weighted by molar-refractivity contribution is 4.87. The molecule has 2 heteroatoms. The molecule has 2 aliphatic heterocycles. The number of hydrogen-bond acceptors (Lipinski definition) is 2. The molecule has 0 amide bonds. The van der Waals surface area contributed by atoms with Gasteiger partial charge in [0.25, 0.3) is 0 Å². The Balaban J connectivity index is 1.63. The Morgan fingerprint density at radius 1 is 1.25 bits per heavy atom. The van der Waals surface area contributed by atoms with Crippen LogP contribution in [0.5, 0.6) is 0 Å². The third kappa shape index (κ3) is 3.21. The Morgan fingerprint density at radius 3 is 2.75 bits per heavy atom. The molecule has 0 aromatic rings. The molecule has 2 aliphatic rings. The third-order valence-corrected chi connectivity index (χ3v) is 4.47. The van der Waals surface area contributed by atoms with Crippen molar-refractivity contribution in [3.05, 3.63) is 0 Å². The molecule has 1 unspecified atom stereocenters. The first-order valence-electron chi connectivity index (χ1n) is 7.17. The summed E-state index contributed by atoms with van der Waals surface area (Å²) in [6.45, 7) is 8.69. The molecule has 0 aliphatic carbocycles. The number of hydrogen-bond donors (Lipinski definition) is 1. The highest BCUT2D eigenvalue weighted by Gasteiger charge is 2.31. The number of piperidine rings is 1. The predicted molar refractivity (Wildman–Crippen MR) is 69.8 cm³/mol. The van der Waals surface area contributed by atoms with Crippen molar-refractivity contribution in [3.63, 3.8) is 0 Å². The maximum atomic E-state index is 3.65. The van der Waals surface area contributed by atoms with Gasteiger partial charge in [-0.1, -0.05) is 6.42 Å². The Bertz CT molecular complexity index is 207. The minimum absolute atomic E-state index is 0.472. The summed E-state index contributed by atoms with van der Waals surface area (Å²) in [6.07, 6.45) is 9.77. The van der Waals surface area contributed by atoms with Crippen LogP contribution < -0.4 is 5.32 Å². The van der Waals surface area contributed by atoms with Gasteiger partial charge in [0.05, 0.1) is 0 Å². The van der Waals surface area contributed by atoms with Gasteiger partial charge in [-0.2, -0.15) is 0 Å². The molecule has 0 aromatic heterocycles. The van der Waals surface area contributed by atoms with Crippen LogP contribution in [-0.4, -0.2) is 36.1 Å². The van der Waals surface area contributed by atoms with E-state index in [2.05, 4.69) is 24.1 Å². The molecular weight excluding hydrogens is 196 g/mol. The van der Waals surface area contributed by atoms with Crippen molar-refractivity contribution >= 4 is 0 Å². The molecule has 0 saturated carbocycles. The molecule has 1 atom stereocenters. The lowest BCUT2D eigenvalue weighted by molar-refractivity contribution is 0.168. The van der Waals surface area contributed by atoms with Gasteiger partial charge in [-0.15, -0.1) is 0 Å². The zero-order chi connectivity index (χ0) is 11.4. The number of rotatable bonds is 4. The van der Waals surface area contributed by atoms with E-state index >= 15 is 0 Å². The lowest BCUT2D eigenvalue weighted by atomic mass is 9.99. The lowest BCUT2D eigenvalue weighted by Crippen LogP contribution is -2.40. The SMILES string of the molecule is CC1(C)CCCN1CCCC1CCCCN1. The Morgan fingerprint density at radius 2 is 2.12 bits per heavy atom. The molecule has 16 heavy (non-hydrogen) atoms. The summed E-state index contributed by atoms with van der Waals surface area (Å²) in [5.41, 5.74) is 0.472. The fraction of sp³-hybridized carbons (Fsp3) is 1.00. The van der Waals surface area contributed by atoms with Gasteiger partial charge in [-0.25, -0.2) is 0 Å². The number of nitrogens with zero attached hydrogens (tertiary/aromatic N) is 1. The smallest absolute Gasteiger partial charge is 0.0153 e. The molecule has 0 aromatic carbocycles. The Labute approximate surface area is 101 Å². The monoisotopic (exact) mass is 224 g/mol. The first-order valence-corrected chi connectivity index (χ1v) is 7.17. The molecule has 0 radical (unpaired) electrons. The van der Waals surface area contributed by atoms with E-state index in [1.807, 2.05) is 0 Å². The molecular formula is C14H28N2. The topological polar surface area (TPSA) is 15.3 Å². The van der Waals surface area contributed by atoms with Crippen molar-refractivity contribution in [2.24, 2.45) is 0 Å². The van der Waals surface area contributed by atoms with Gasteiger partial charge in [0.2, 0.25) is 0 Å². The zero-order valence-corrected chi connectivity index (χ0v) is 11.1. The standard InChI is InChI=1S/C14H28N2/c1-14(2)9-6-12-16(14)11-5-8-13-7-3-4-10-15-13/h13,15H,3-12H2,1-2H3. The zero-order valence-electron chi connectivity index (χ0n) is 11.1. The van der Waals surface area contributed by atoms with Crippen molar-refractivity contribution < 1.29 is 0 Å². The van der Waals surface area contributed by atoms with Gasteiger partial charge in [-0.05, 0) is 72.0 Å². The normalized spacial score (nSPS) is 30.8. The van der Waals surface area contributed by atoms with Crippen LogP contribution in [0.3, 0.4) is 0 Å². The minimum Gasteiger partial charge on any atom is -0.314 e. The van der Waals surface area contributed by atoms with Gasteiger partial charge >= 0.3 is 0 Å². The Hall–Kier alpha value is -0.0800. The highest BCUT2D eigenvalue weighted by atomic mass is 15.2. The molecule has 2 rings (SSSR count). The van der Waals surface area contributed by atoms with Crippen molar-refractivity contribution in [1.29, 1.82) is 0 Å². The maximum absolute atomic E-state index is 3.65. The van der Waals surface area contributed by atoms with Crippen LogP contribution in [0.4, 0.5) is 0 Å². The fourth-order valence-electron chi connectivity index (χ4n) is 3.28. The second-order valence-electron chi connectivity index (χ2n) is 6.19. The van der Waals surface area contributed by atoms with Crippen LogP contribution in [-0.2, 0) is 0 Å². The quantitative estimate of drug-likeness (QED) is 0.790. The van der Waals surface area contributed by atoms with Gasteiger partial charge in [0.15, 0.2) is 0 Å². The summed E-state index contributed by atoms with van der Waals surface area (Å²) in [7, 11) is 0. The van der Waals surface area contributed by atoms with E-state index in [-0.39, 0.29) is 0 Å². The van der Waals surface area contributed by atoms with Crippen LogP contribution >= 0.6 is 0 Å². The molecule has 1 N–H and O–H groups in total.